The van der Waals surface area contributed by atoms with E-state index >= 15 is 0 Å². The third kappa shape index (κ3) is 3.07. The first kappa shape index (κ1) is 19.8. The lowest BCUT2D eigenvalue weighted by molar-refractivity contribution is -0.140. The molecule has 154 valence electrons. The quantitative estimate of drug-likeness (QED) is 0.401. The summed E-state index contributed by atoms with van der Waals surface area (Å²) in [5, 5.41) is 11.2. The summed E-state index contributed by atoms with van der Waals surface area (Å²) in [5.74, 6) is -1.63. The average Bonchev–Trinajstić information content (AvgIpc) is 3.22. The predicted octanol–water partition coefficient (Wildman–Crippen LogP) is 3.02. The summed E-state index contributed by atoms with van der Waals surface area (Å²) < 4.78 is 6.99. The highest BCUT2D eigenvalue weighted by Gasteiger charge is 2.46. The number of pyridine rings is 1. The largest absolute Gasteiger partial charge is 0.505 e. The van der Waals surface area contributed by atoms with Gasteiger partial charge in [0.1, 0.15) is 11.3 Å². The molecule has 0 aliphatic carbocycles. The van der Waals surface area contributed by atoms with Gasteiger partial charge < -0.3 is 19.1 Å². The number of imidazole rings is 1. The first-order valence-electron chi connectivity index (χ1n) is 9.72. The fraction of sp³-hybridized carbons (Fsp3) is 0.261. The van der Waals surface area contributed by atoms with Gasteiger partial charge in [0, 0.05) is 19.9 Å². The number of aryl methyl sites for hydroxylation is 2. The van der Waals surface area contributed by atoms with E-state index in [1.54, 1.807) is 0 Å². The van der Waals surface area contributed by atoms with Crippen LogP contribution in [0.3, 0.4) is 0 Å². The van der Waals surface area contributed by atoms with Crippen LogP contribution in [0.25, 0.3) is 11.4 Å². The Balaban J connectivity index is 1.93. The molecule has 7 nitrogen and oxygen atoms in total. The number of nitrogens with zero attached hydrogens (tertiary/aromatic N) is 3. The number of rotatable bonds is 5. The molecule has 1 N–H and O–H groups in total. The second kappa shape index (κ2) is 7.76. The number of aliphatic hydroxyl groups is 1. The van der Waals surface area contributed by atoms with E-state index in [2.05, 4.69) is 4.98 Å². The molecule has 1 aliphatic rings. The molecule has 0 saturated carbocycles. The SMILES string of the molecule is COCCN1C(=O)C(=O)C(=C(O)c2nc3c(C)cccn3c2C)C1c1ccccc1. The second-order valence-corrected chi connectivity index (χ2v) is 7.33. The van der Waals surface area contributed by atoms with Gasteiger partial charge in [0.2, 0.25) is 0 Å². The van der Waals surface area contributed by atoms with Gasteiger partial charge in [0.05, 0.1) is 23.9 Å². The van der Waals surface area contributed by atoms with Gasteiger partial charge in [-0.15, -0.1) is 0 Å². The van der Waals surface area contributed by atoms with E-state index in [0.717, 1.165) is 11.1 Å². The van der Waals surface area contributed by atoms with E-state index in [4.69, 9.17) is 4.74 Å². The number of amides is 1. The van der Waals surface area contributed by atoms with Crippen LogP contribution in [-0.2, 0) is 14.3 Å². The summed E-state index contributed by atoms with van der Waals surface area (Å²) in [4.78, 5) is 31.8. The molecule has 1 unspecified atom stereocenters. The van der Waals surface area contributed by atoms with Crippen molar-refractivity contribution in [2.24, 2.45) is 0 Å². The normalized spacial score (nSPS) is 18.5. The third-order valence-corrected chi connectivity index (χ3v) is 5.50. The minimum absolute atomic E-state index is 0.0477. The van der Waals surface area contributed by atoms with E-state index in [0.29, 0.717) is 17.0 Å². The molecule has 3 aromatic rings. The number of fused-ring (bicyclic) bond motifs is 1. The highest BCUT2D eigenvalue weighted by Crippen LogP contribution is 2.39. The van der Waals surface area contributed by atoms with E-state index in [9.17, 15) is 14.7 Å². The van der Waals surface area contributed by atoms with Gasteiger partial charge in [0.25, 0.3) is 11.7 Å². The maximum Gasteiger partial charge on any atom is 0.295 e. The second-order valence-electron chi connectivity index (χ2n) is 7.33. The van der Waals surface area contributed by atoms with Crippen molar-refractivity contribution in [2.75, 3.05) is 20.3 Å². The van der Waals surface area contributed by atoms with Crippen LogP contribution in [0.2, 0.25) is 0 Å². The third-order valence-electron chi connectivity index (χ3n) is 5.50. The van der Waals surface area contributed by atoms with Crippen LogP contribution in [0, 0.1) is 13.8 Å². The molecule has 1 aliphatic heterocycles. The summed E-state index contributed by atoms with van der Waals surface area (Å²) >= 11 is 0. The van der Waals surface area contributed by atoms with Gasteiger partial charge >= 0.3 is 0 Å². The van der Waals surface area contributed by atoms with E-state index < -0.39 is 17.7 Å². The van der Waals surface area contributed by atoms with Crippen molar-refractivity contribution in [1.29, 1.82) is 0 Å². The standard InChI is InChI=1S/C23H23N3O4/c1-14-8-7-11-25-15(2)18(24-22(14)25)20(27)17-19(16-9-5-4-6-10-16)26(12-13-30-3)23(29)21(17)28/h4-11,19,27H,12-13H2,1-3H3. The van der Waals surface area contributed by atoms with Crippen LogP contribution in [0.15, 0.2) is 54.2 Å². The zero-order chi connectivity index (χ0) is 21.4. The Morgan fingerprint density at radius 1 is 1.13 bits per heavy atom. The highest BCUT2D eigenvalue weighted by molar-refractivity contribution is 6.46. The number of carbonyl (C=O) groups excluding carboxylic acids is 2. The number of hydrogen-bond acceptors (Lipinski definition) is 5. The molecule has 1 amide bonds. The maximum atomic E-state index is 13.0. The van der Waals surface area contributed by atoms with Crippen molar-refractivity contribution >= 4 is 23.1 Å². The molecule has 0 radical (unpaired) electrons. The molecule has 0 spiro atoms. The zero-order valence-corrected chi connectivity index (χ0v) is 17.1. The van der Waals surface area contributed by atoms with Crippen LogP contribution in [0.1, 0.15) is 28.6 Å². The summed E-state index contributed by atoms with van der Waals surface area (Å²) in [6.07, 6.45) is 1.85. The molecule has 4 rings (SSSR count). The molecular formula is C23H23N3O4. The summed E-state index contributed by atoms with van der Waals surface area (Å²) in [6, 6.07) is 12.3. The van der Waals surface area contributed by atoms with Crippen molar-refractivity contribution in [1.82, 2.24) is 14.3 Å². The Bertz CT molecular complexity index is 1160. The van der Waals surface area contributed by atoms with Crippen molar-refractivity contribution in [3.8, 4) is 0 Å². The Hall–Kier alpha value is -3.45. The van der Waals surface area contributed by atoms with Crippen molar-refractivity contribution in [3.63, 3.8) is 0 Å². The molecule has 30 heavy (non-hydrogen) atoms. The molecule has 1 aromatic carbocycles. The first-order chi connectivity index (χ1) is 14.5. The van der Waals surface area contributed by atoms with Crippen molar-refractivity contribution in [3.05, 3.63) is 76.7 Å². The van der Waals surface area contributed by atoms with Gasteiger partial charge in [0.15, 0.2) is 5.76 Å². The van der Waals surface area contributed by atoms with Gasteiger partial charge in [-0.25, -0.2) is 4.98 Å². The minimum Gasteiger partial charge on any atom is -0.505 e. The average molecular weight is 405 g/mol. The Morgan fingerprint density at radius 3 is 2.53 bits per heavy atom. The van der Waals surface area contributed by atoms with Crippen molar-refractivity contribution < 1.29 is 19.4 Å². The highest BCUT2D eigenvalue weighted by atomic mass is 16.5. The van der Waals surface area contributed by atoms with Gasteiger partial charge in [-0.3, -0.25) is 9.59 Å². The number of ether oxygens (including phenoxy) is 1. The number of likely N-dealkylation sites (tertiary alicyclic amines) is 1. The number of carbonyl (C=O) groups is 2. The summed E-state index contributed by atoms with van der Waals surface area (Å²) in [6.45, 7) is 4.27. The molecule has 1 saturated heterocycles. The topological polar surface area (TPSA) is 84.1 Å². The number of Topliss-reactive ketones (excluding diaryl/α,β-unsaturated/α-hetero) is 1. The molecule has 1 atom stereocenters. The lowest BCUT2D eigenvalue weighted by atomic mass is 9.96. The number of aliphatic hydroxyl groups excluding tert-OH is 1. The molecule has 2 aromatic heterocycles. The van der Waals surface area contributed by atoms with Crippen LogP contribution >= 0.6 is 0 Å². The van der Waals surface area contributed by atoms with Crippen LogP contribution in [-0.4, -0.2) is 51.3 Å². The lowest BCUT2D eigenvalue weighted by Gasteiger charge is -2.24. The van der Waals surface area contributed by atoms with Crippen LogP contribution < -0.4 is 0 Å². The number of ketones is 1. The zero-order valence-electron chi connectivity index (χ0n) is 17.1. The molecule has 0 bridgehead atoms. The fourth-order valence-corrected chi connectivity index (χ4v) is 3.96. The summed E-state index contributed by atoms with van der Waals surface area (Å²) in [7, 11) is 1.54. The van der Waals surface area contributed by atoms with Gasteiger partial charge in [-0.2, -0.15) is 0 Å². The number of methoxy groups -OCH3 is 1. The van der Waals surface area contributed by atoms with Crippen molar-refractivity contribution in [2.45, 2.75) is 19.9 Å². The summed E-state index contributed by atoms with van der Waals surface area (Å²) in [5.41, 5.74) is 3.43. The van der Waals surface area contributed by atoms with Gasteiger partial charge in [-0.1, -0.05) is 36.4 Å². The molecule has 1 fully saturated rings. The van der Waals surface area contributed by atoms with E-state index in [-0.39, 0.29) is 24.5 Å². The van der Waals surface area contributed by atoms with Gasteiger partial charge in [-0.05, 0) is 31.0 Å². The lowest BCUT2D eigenvalue weighted by Crippen LogP contribution is -2.32. The molecule has 7 heteroatoms. The monoisotopic (exact) mass is 405 g/mol. The van der Waals surface area contributed by atoms with Crippen LogP contribution in [0.5, 0.6) is 0 Å². The van der Waals surface area contributed by atoms with E-state index in [1.165, 1.54) is 12.0 Å². The number of benzene rings is 1. The Morgan fingerprint density at radius 2 is 1.87 bits per heavy atom. The maximum absolute atomic E-state index is 13.0. The number of hydrogen-bond donors (Lipinski definition) is 1. The Kier molecular flexibility index (Phi) is 5.13. The smallest absolute Gasteiger partial charge is 0.295 e. The Labute approximate surface area is 174 Å². The predicted molar refractivity (Wildman–Crippen MR) is 112 cm³/mol. The molecule has 3 heterocycles. The van der Waals surface area contributed by atoms with E-state index in [1.807, 2.05) is 66.9 Å². The van der Waals surface area contributed by atoms with Crippen LogP contribution in [0.4, 0.5) is 0 Å². The minimum atomic E-state index is -0.717. The first-order valence-corrected chi connectivity index (χ1v) is 9.72. The fourth-order valence-electron chi connectivity index (χ4n) is 3.96. The molecular weight excluding hydrogens is 382 g/mol. The number of aromatic nitrogens is 2.